The highest BCUT2D eigenvalue weighted by Gasteiger charge is 2.27. The third kappa shape index (κ3) is 4.84. The lowest BCUT2D eigenvalue weighted by molar-refractivity contribution is 0.0991. The zero-order valence-electron chi connectivity index (χ0n) is 17.4. The number of anilines is 1. The molecule has 0 saturated carbocycles. The molecule has 3 aromatic rings. The molecule has 0 amide bonds. The number of rotatable bonds is 8. The van der Waals surface area contributed by atoms with Crippen LogP contribution in [-0.4, -0.2) is 29.6 Å². The normalized spacial score (nSPS) is 14.6. The van der Waals surface area contributed by atoms with Crippen LogP contribution in [-0.2, 0) is 0 Å². The summed E-state index contributed by atoms with van der Waals surface area (Å²) in [6.07, 6.45) is 12.2. The topological polar surface area (TPSA) is 87.1 Å². The van der Waals surface area contributed by atoms with E-state index in [9.17, 15) is 4.79 Å². The minimum absolute atomic E-state index is 0.130. The Morgan fingerprint density at radius 2 is 2.06 bits per heavy atom. The number of dihydropyridines is 1. The average molecular weight is 443 g/mol. The lowest BCUT2D eigenvalue weighted by atomic mass is 9.95. The van der Waals surface area contributed by atoms with Gasteiger partial charge in [0, 0.05) is 34.5 Å². The van der Waals surface area contributed by atoms with Crippen molar-refractivity contribution in [2.75, 3.05) is 12.4 Å². The molecule has 1 atom stereocenters. The Morgan fingerprint density at radius 3 is 2.81 bits per heavy atom. The number of hydrogen-bond acceptors (Lipinski definition) is 7. The van der Waals surface area contributed by atoms with Crippen molar-refractivity contribution in [3.05, 3.63) is 101 Å². The van der Waals surface area contributed by atoms with Crippen molar-refractivity contribution in [3.8, 4) is 16.9 Å². The molecule has 1 unspecified atom stereocenters. The maximum Gasteiger partial charge on any atom is 0.192 e. The predicted molar refractivity (Wildman–Crippen MR) is 130 cm³/mol. The maximum atomic E-state index is 13.7. The first-order valence-corrected chi connectivity index (χ1v) is 10.9. The number of benzene rings is 1. The van der Waals surface area contributed by atoms with Crippen LogP contribution in [0.3, 0.4) is 0 Å². The van der Waals surface area contributed by atoms with Crippen molar-refractivity contribution >= 4 is 28.5 Å². The number of carbonyl (C=O) groups is 1. The fraction of sp³-hybridized carbons (Fsp3) is 0.0800. The number of Topliss-reactive ketones (excluding diaryl/α,β-unsaturated/α-hetero) is 1. The van der Waals surface area contributed by atoms with Gasteiger partial charge in [-0.05, 0) is 29.2 Å². The van der Waals surface area contributed by atoms with E-state index in [1.54, 1.807) is 37.8 Å². The van der Waals surface area contributed by atoms with Crippen LogP contribution >= 0.6 is 11.3 Å². The smallest absolute Gasteiger partial charge is 0.192 e. The van der Waals surface area contributed by atoms with E-state index < -0.39 is 6.04 Å². The predicted octanol–water partition coefficient (Wildman–Crippen LogP) is 5.06. The first-order chi connectivity index (χ1) is 15.7. The third-order valence-electron chi connectivity index (χ3n) is 4.89. The van der Waals surface area contributed by atoms with Crippen LogP contribution in [0.1, 0.15) is 10.4 Å². The van der Waals surface area contributed by atoms with Gasteiger partial charge in [0.25, 0.3) is 0 Å². The minimum Gasteiger partial charge on any atom is -0.495 e. The van der Waals surface area contributed by atoms with E-state index in [4.69, 9.17) is 10.1 Å². The number of methoxy groups -OCH3 is 1. The molecule has 2 aromatic heterocycles. The lowest BCUT2D eigenvalue weighted by Crippen LogP contribution is -2.37. The SMILES string of the molecule is COc1cncc(NC(C(=N)/C=C2/C=CC=CN2)C(=O)c2cscc2-c2ccccc2)c1. The first kappa shape index (κ1) is 21.3. The zero-order valence-corrected chi connectivity index (χ0v) is 18.2. The maximum absolute atomic E-state index is 13.7. The van der Waals surface area contributed by atoms with E-state index >= 15 is 0 Å². The number of ether oxygens (including phenoxy) is 1. The number of hydrogen-bond donors (Lipinski definition) is 3. The fourth-order valence-corrected chi connectivity index (χ4v) is 4.14. The molecule has 1 aliphatic heterocycles. The van der Waals surface area contributed by atoms with Crippen LogP contribution in [0.2, 0.25) is 0 Å². The average Bonchev–Trinajstić information content (AvgIpc) is 3.33. The Morgan fingerprint density at radius 1 is 1.22 bits per heavy atom. The van der Waals surface area contributed by atoms with Crippen LogP contribution in [0.25, 0.3) is 11.1 Å². The summed E-state index contributed by atoms with van der Waals surface area (Å²) in [6.45, 7) is 0. The minimum atomic E-state index is -0.908. The number of allylic oxidation sites excluding steroid dienone is 3. The van der Waals surface area contributed by atoms with Crippen LogP contribution in [0.15, 0.2) is 95.8 Å². The molecule has 0 fully saturated rings. The molecule has 1 aromatic carbocycles. The molecule has 0 bridgehead atoms. The Labute approximate surface area is 190 Å². The van der Waals surface area contributed by atoms with Crippen LogP contribution in [0, 0.1) is 5.41 Å². The van der Waals surface area contributed by atoms with E-state index in [0.717, 1.165) is 16.8 Å². The van der Waals surface area contributed by atoms with Crippen molar-refractivity contribution in [3.63, 3.8) is 0 Å². The van der Waals surface area contributed by atoms with Gasteiger partial charge in [0.2, 0.25) is 0 Å². The van der Waals surface area contributed by atoms with Gasteiger partial charge in [-0.2, -0.15) is 11.3 Å². The summed E-state index contributed by atoms with van der Waals surface area (Å²) >= 11 is 1.47. The second kappa shape index (κ2) is 9.89. The summed E-state index contributed by atoms with van der Waals surface area (Å²) in [6, 6.07) is 10.6. The van der Waals surface area contributed by atoms with E-state index in [2.05, 4.69) is 15.6 Å². The molecule has 3 heterocycles. The molecule has 0 spiro atoms. The molecule has 3 N–H and O–H groups in total. The van der Waals surface area contributed by atoms with Crippen LogP contribution < -0.4 is 15.4 Å². The van der Waals surface area contributed by atoms with Crippen molar-refractivity contribution in [1.29, 1.82) is 5.41 Å². The number of pyridine rings is 1. The van der Waals surface area contributed by atoms with Crippen LogP contribution in [0.5, 0.6) is 5.75 Å². The number of nitrogens with zero attached hydrogens (tertiary/aromatic N) is 1. The second-order valence-corrected chi connectivity index (χ2v) is 7.78. The van der Waals surface area contributed by atoms with Gasteiger partial charge in [-0.15, -0.1) is 0 Å². The molecule has 1 aliphatic rings. The molecule has 7 heteroatoms. The summed E-state index contributed by atoms with van der Waals surface area (Å²) in [5, 5.41) is 18.8. The quantitative estimate of drug-likeness (QED) is 0.335. The van der Waals surface area contributed by atoms with Gasteiger partial charge >= 0.3 is 0 Å². The fourth-order valence-electron chi connectivity index (χ4n) is 3.29. The Bertz CT molecular complexity index is 1210. The van der Waals surface area contributed by atoms with Gasteiger partial charge in [-0.1, -0.05) is 36.4 Å². The van der Waals surface area contributed by atoms with Gasteiger partial charge in [0.1, 0.15) is 11.8 Å². The summed E-state index contributed by atoms with van der Waals surface area (Å²) < 4.78 is 5.25. The number of carbonyl (C=O) groups excluding carboxylic acids is 1. The molecule has 0 radical (unpaired) electrons. The van der Waals surface area contributed by atoms with Crippen LogP contribution in [0.4, 0.5) is 5.69 Å². The van der Waals surface area contributed by atoms with Gasteiger partial charge in [-0.25, -0.2) is 0 Å². The van der Waals surface area contributed by atoms with Crippen molar-refractivity contribution in [1.82, 2.24) is 10.3 Å². The van der Waals surface area contributed by atoms with Crippen molar-refractivity contribution in [2.45, 2.75) is 6.04 Å². The van der Waals surface area contributed by atoms with Crippen molar-refractivity contribution < 1.29 is 9.53 Å². The zero-order chi connectivity index (χ0) is 22.3. The van der Waals surface area contributed by atoms with Gasteiger partial charge in [0.15, 0.2) is 5.78 Å². The molecule has 4 rings (SSSR count). The van der Waals surface area contributed by atoms with E-state index in [1.807, 2.05) is 59.3 Å². The Hall–Kier alpha value is -3.97. The van der Waals surface area contributed by atoms with Crippen molar-refractivity contribution in [2.24, 2.45) is 0 Å². The first-order valence-electron chi connectivity index (χ1n) is 9.97. The molecular weight excluding hydrogens is 420 g/mol. The molecule has 0 aliphatic carbocycles. The van der Waals surface area contributed by atoms with Gasteiger partial charge in [0.05, 0.1) is 30.9 Å². The summed E-state index contributed by atoms with van der Waals surface area (Å²) in [4.78, 5) is 17.9. The molecule has 160 valence electrons. The second-order valence-electron chi connectivity index (χ2n) is 7.04. The summed E-state index contributed by atoms with van der Waals surface area (Å²) in [5.41, 5.74) is 3.85. The van der Waals surface area contributed by atoms with Gasteiger partial charge in [-0.3, -0.25) is 9.78 Å². The highest BCUT2D eigenvalue weighted by Crippen LogP contribution is 2.29. The van der Waals surface area contributed by atoms with Gasteiger partial charge < -0.3 is 20.8 Å². The largest absolute Gasteiger partial charge is 0.495 e. The monoisotopic (exact) mass is 442 g/mol. The number of nitrogens with one attached hydrogen (secondary N) is 3. The lowest BCUT2D eigenvalue weighted by Gasteiger charge is -2.20. The third-order valence-corrected chi connectivity index (χ3v) is 5.63. The summed E-state index contributed by atoms with van der Waals surface area (Å²) in [5.74, 6) is 0.374. The van der Waals surface area contributed by atoms with E-state index in [0.29, 0.717) is 17.0 Å². The Balaban J connectivity index is 1.69. The van der Waals surface area contributed by atoms with E-state index in [-0.39, 0.29) is 11.5 Å². The highest BCUT2D eigenvalue weighted by molar-refractivity contribution is 7.08. The number of aromatic nitrogens is 1. The molecule has 6 nitrogen and oxygen atoms in total. The number of thiophene rings is 1. The summed E-state index contributed by atoms with van der Waals surface area (Å²) in [7, 11) is 1.56. The molecule has 0 saturated heterocycles. The standard InChI is InChI=1S/C25H22N4O2S/c1-31-20-11-19(13-27-14-20)29-24(23(26)12-18-9-5-6-10-28-18)25(30)22-16-32-15-21(22)17-7-3-2-4-8-17/h2-16,24,26,28-29H,1H3/b18-12-,26-23?. The molecular formula is C25H22N4O2S. The Kier molecular flexibility index (Phi) is 6.57. The highest BCUT2D eigenvalue weighted by atomic mass is 32.1. The molecule has 32 heavy (non-hydrogen) atoms. The van der Waals surface area contributed by atoms with E-state index in [1.165, 1.54) is 11.3 Å². The number of ketones is 1.